The lowest BCUT2D eigenvalue weighted by atomic mass is 10.0. The number of quaternary nitrogens is 1. The maximum absolute atomic E-state index is 2.46. The molecule has 2 aliphatic heterocycles. The van der Waals surface area contributed by atoms with Crippen LogP contribution in [0.3, 0.4) is 0 Å². The van der Waals surface area contributed by atoms with Gasteiger partial charge in [-0.15, -0.1) is 0 Å². The van der Waals surface area contributed by atoms with Gasteiger partial charge in [-0.3, -0.25) is 0 Å². The Kier molecular flexibility index (Phi) is 6.45. The van der Waals surface area contributed by atoms with E-state index in [9.17, 15) is 0 Å². The Hall–Kier alpha value is -6.48. The molecule has 8 aromatic carbocycles. The van der Waals surface area contributed by atoms with Crippen molar-refractivity contribution in [3.8, 4) is 44.5 Å². The van der Waals surface area contributed by atoms with E-state index in [1.165, 1.54) is 67.3 Å². The Morgan fingerprint density at radius 3 is 1.10 bits per heavy atom. The van der Waals surface area contributed by atoms with Crippen molar-refractivity contribution in [1.82, 2.24) is 4.48 Å². The highest BCUT2D eigenvalue weighted by atomic mass is 15.4. The standard InChI is InChI=1S/C48H33N2/c1-3-14-34(15-4-1)36-26-30-38(31-27-36)49(39-32-28-37(29-33-39)35-16-5-2-6-17-35)44-22-13-21-43-42-20-9-12-25-47(42)50(48(43)44)45-23-10-7-18-40(45)41-19-8-11-24-46(41)50/h1-33H/q+1. The van der Waals surface area contributed by atoms with Gasteiger partial charge in [-0.25, -0.2) is 0 Å². The summed E-state index contributed by atoms with van der Waals surface area (Å²) in [6, 6.07) is 73.1. The van der Waals surface area contributed by atoms with Crippen LogP contribution in [-0.2, 0) is 0 Å². The molecule has 0 aromatic heterocycles. The molecule has 0 unspecified atom stereocenters. The first-order valence-corrected chi connectivity index (χ1v) is 17.3. The Morgan fingerprint density at radius 1 is 0.280 bits per heavy atom. The molecule has 0 amide bonds. The average molecular weight is 638 g/mol. The van der Waals surface area contributed by atoms with E-state index < -0.39 is 0 Å². The SMILES string of the molecule is c1ccc(-c2ccc(N(c3ccc(-c4ccccc4)cc3)c3cccc4c3[N+]3(c5ccccc5-c5ccccc53)c3ccccc3-4)cc2)cc1. The molecule has 2 heteroatoms. The van der Waals surface area contributed by atoms with Gasteiger partial charge in [0.1, 0.15) is 5.69 Å². The fourth-order valence-electron chi connectivity index (χ4n) is 8.31. The van der Waals surface area contributed by atoms with Gasteiger partial charge in [0.2, 0.25) is 0 Å². The Morgan fingerprint density at radius 2 is 0.640 bits per heavy atom. The molecule has 0 atom stereocenters. The summed E-state index contributed by atoms with van der Waals surface area (Å²) in [6.45, 7) is 0. The maximum Gasteiger partial charge on any atom is 0.180 e. The molecule has 10 rings (SSSR count). The molecule has 2 heterocycles. The lowest BCUT2D eigenvalue weighted by molar-refractivity contribution is 0.739. The monoisotopic (exact) mass is 637 g/mol. The van der Waals surface area contributed by atoms with Crippen molar-refractivity contribution >= 4 is 39.8 Å². The molecule has 2 nitrogen and oxygen atoms in total. The van der Waals surface area contributed by atoms with Crippen molar-refractivity contribution in [2.24, 2.45) is 0 Å². The smallest absolute Gasteiger partial charge is 0.180 e. The van der Waals surface area contributed by atoms with Crippen LogP contribution in [0.1, 0.15) is 0 Å². The molecule has 0 saturated heterocycles. The molecule has 0 N–H and O–H groups in total. The number of hydrogen-bond acceptors (Lipinski definition) is 1. The summed E-state index contributed by atoms with van der Waals surface area (Å²) < 4.78 is 0.550. The molecule has 0 aliphatic carbocycles. The van der Waals surface area contributed by atoms with Gasteiger partial charge >= 0.3 is 0 Å². The molecular formula is C48H33N2+. The Bertz CT molecular complexity index is 2370. The van der Waals surface area contributed by atoms with Crippen molar-refractivity contribution in [2.75, 3.05) is 4.90 Å². The van der Waals surface area contributed by atoms with E-state index in [4.69, 9.17) is 0 Å². The second-order valence-electron chi connectivity index (χ2n) is 13.1. The third-order valence-electron chi connectivity index (χ3n) is 10.4. The van der Waals surface area contributed by atoms with Crippen LogP contribution in [0.2, 0.25) is 0 Å². The van der Waals surface area contributed by atoms with E-state index in [1.807, 2.05) is 0 Å². The first-order chi connectivity index (χ1) is 24.8. The van der Waals surface area contributed by atoms with Crippen LogP contribution in [0, 0.1) is 0 Å². The minimum Gasteiger partial charge on any atom is -0.305 e. The van der Waals surface area contributed by atoms with E-state index >= 15 is 0 Å². The zero-order valence-electron chi connectivity index (χ0n) is 27.4. The number of nitrogens with zero attached hydrogens (tertiary/aromatic N) is 2. The highest BCUT2D eigenvalue weighted by Gasteiger charge is 2.55. The average Bonchev–Trinajstić information content (AvgIpc) is 3.67. The third kappa shape index (κ3) is 4.13. The van der Waals surface area contributed by atoms with E-state index in [0.717, 1.165) is 17.1 Å². The summed E-state index contributed by atoms with van der Waals surface area (Å²) in [5.74, 6) is 0. The summed E-state index contributed by atoms with van der Waals surface area (Å²) in [5.41, 5.74) is 18.4. The van der Waals surface area contributed by atoms with Gasteiger partial charge in [0.05, 0.1) is 22.3 Å². The lowest BCUT2D eigenvalue weighted by Crippen LogP contribution is -2.30. The predicted octanol–water partition coefficient (Wildman–Crippen LogP) is 13.8. The molecular weight excluding hydrogens is 605 g/mol. The zero-order chi connectivity index (χ0) is 33.1. The van der Waals surface area contributed by atoms with Gasteiger partial charge in [0.15, 0.2) is 22.7 Å². The molecule has 2 aliphatic rings. The number of fused-ring (bicyclic) bond motifs is 10. The van der Waals surface area contributed by atoms with Crippen LogP contribution in [0.5, 0.6) is 0 Å². The predicted molar refractivity (Wildman–Crippen MR) is 210 cm³/mol. The summed E-state index contributed by atoms with van der Waals surface area (Å²) in [5, 5.41) is 0. The minimum absolute atomic E-state index is 0.550. The highest BCUT2D eigenvalue weighted by Crippen LogP contribution is 2.71. The first kappa shape index (κ1) is 28.5. The molecule has 1 spiro atoms. The third-order valence-corrected chi connectivity index (χ3v) is 10.4. The summed E-state index contributed by atoms with van der Waals surface area (Å²) in [4.78, 5) is 2.46. The van der Waals surface area contributed by atoms with Gasteiger partial charge in [0.25, 0.3) is 0 Å². The molecule has 0 saturated carbocycles. The first-order valence-electron chi connectivity index (χ1n) is 17.3. The van der Waals surface area contributed by atoms with Crippen molar-refractivity contribution in [1.29, 1.82) is 0 Å². The van der Waals surface area contributed by atoms with Gasteiger partial charge < -0.3 is 4.90 Å². The summed E-state index contributed by atoms with van der Waals surface area (Å²) in [7, 11) is 0. The number of rotatable bonds is 5. The fourth-order valence-corrected chi connectivity index (χ4v) is 8.31. The second-order valence-corrected chi connectivity index (χ2v) is 13.1. The van der Waals surface area contributed by atoms with E-state index in [2.05, 4.69) is 205 Å². The largest absolute Gasteiger partial charge is 0.305 e. The maximum atomic E-state index is 2.46. The Balaban J connectivity index is 1.24. The number of para-hydroxylation sites is 4. The van der Waals surface area contributed by atoms with Crippen LogP contribution < -0.4 is 9.38 Å². The lowest BCUT2D eigenvalue weighted by Gasteiger charge is -2.35. The van der Waals surface area contributed by atoms with E-state index in [1.54, 1.807) is 0 Å². The summed E-state index contributed by atoms with van der Waals surface area (Å²) >= 11 is 0. The van der Waals surface area contributed by atoms with E-state index in [0.29, 0.717) is 4.48 Å². The molecule has 0 bridgehead atoms. The number of anilines is 3. The molecule has 234 valence electrons. The quantitative estimate of drug-likeness (QED) is 0.170. The molecule has 0 radical (unpaired) electrons. The second kappa shape index (κ2) is 11.3. The summed E-state index contributed by atoms with van der Waals surface area (Å²) in [6.07, 6.45) is 0. The topological polar surface area (TPSA) is 3.24 Å². The van der Waals surface area contributed by atoms with Gasteiger partial charge in [-0.2, -0.15) is 4.48 Å². The fraction of sp³-hybridized carbons (Fsp3) is 0. The van der Waals surface area contributed by atoms with Crippen LogP contribution >= 0.6 is 0 Å². The zero-order valence-corrected chi connectivity index (χ0v) is 27.4. The van der Waals surface area contributed by atoms with Crippen molar-refractivity contribution in [2.45, 2.75) is 0 Å². The van der Waals surface area contributed by atoms with Gasteiger partial charge in [-0.05, 0) is 76.9 Å². The van der Waals surface area contributed by atoms with Crippen LogP contribution in [-0.4, -0.2) is 0 Å². The van der Waals surface area contributed by atoms with Crippen LogP contribution in [0.25, 0.3) is 44.5 Å². The van der Waals surface area contributed by atoms with Crippen LogP contribution in [0.4, 0.5) is 39.8 Å². The van der Waals surface area contributed by atoms with E-state index in [-0.39, 0.29) is 0 Å². The number of benzene rings is 8. The Labute approximate surface area is 293 Å². The molecule has 0 fully saturated rings. The van der Waals surface area contributed by atoms with Crippen molar-refractivity contribution in [3.05, 3.63) is 200 Å². The minimum atomic E-state index is 0.550. The van der Waals surface area contributed by atoms with Gasteiger partial charge in [-0.1, -0.05) is 127 Å². The molecule has 50 heavy (non-hydrogen) atoms. The van der Waals surface area contributed by atoms with Gasteiger partial charge in [0, 0.05) is 29.6 Å². The number of hydrogen-bond donors (Lipinski definition) is 0. The highest BCUT2D eigenvalue weighted by molar-refractivity contribution is 6.14. The normalized spacial score (nSPS) is 13.0. The molecule has 8 aromatic rings. The van der Waals surface area contributed by atoms with Crippen LogP contribution in [0.15, 0.2) is 200 Å². The van der Waals surface area contributed by atoms with Crippen molar-refractivity contribution in [3.63, 3.8) is 0 Å². The van der Waals surface area contributed by atoms with Crippen molar-refractivity contribution < 1.29 is 0 Å².